The lowest BCUT2D eigenvalue weighted by Crippen LogP contribution is -2.48. The van der Waals surface area contributed by atoms with Crippen LogP contribution in [-0.4, -0.2) is 62.9 Å². The zero-order chi connectivity index (χ0) is 21.4. The number of hydrogen-bond acceptors (Lipinski definition) is 5. The summed E-state index contributed by atoms with van der Waals surface area (Å²) in [5, 5.41) is 0. The molecule has 2 aromatic rings. The maximum Gasteiger partial charge on any atom is 0.306 e. The van der Waals surface area contributed by atoms with Gasteiger partial charge in [0.25, 0.3) is 0 Å². The zero-order valence-corrected chi connectivity index (χ0v) is 18.3. The van der Waals surface area contributed by atoms with E-state index in [1.165, 1.54) is 5.56 Å². The second kappa shape index (κ2) is 10.7. The Kier molecular flexibility index (Phi) is 8.01. The lowest BCUT2D eigenvalue weighted by molar-refractivity contribution is -0.143. The predicted molar refractivity (Wildman–Crippen MR) is 117 cm³/mol. The number of hydrogen-bond donors (Lipinski definition) is 0. The Morgan fingerprint density at radius 3 is 2.10 bits per heavy atom. The van der Waals surface area contributed by atoms with Gasteiger partial charge >= 0.3 is 5.97 Å². The molecular weight excluding hydrogens is 400 g/mol. The van der Waals surface area contributed by atoms with Gasteiger partial charge in [-0.1, -0.05) is 42.5 Å². The molecule has 0 aliphatic carbocycles. The van der Waals surface area contributed by atoms with E-state index < -0.39 is 10.0 Å². The van der Waals surface area contributed by atoms with Crippen molar-refractivity contribution in [2.75, 3.05) is 39.3 Å². The number of piperazine rings is 1. The number of benzene rings is 2. The number of sulfonamides is 1. The van der Waals surface area contributed by atoms with Crippen LogP contribution in [0.5, 0.6) is 0 Å². The number of carbonyl (C=O) groups is 1. The summed E-state index contributed by atoms with van der Waals surface area (Å²) in [5.41, 5.74) is 2.38. The van der Waals surface area contributed by atoms with Gasteiger partial charge in [-0.2, -0.15) is 4.31 Å². The third-order valence-electron chi connectivity index (χ3n) is 5.38. The smallest absolute Gasteiger partial charge is 0.306 e. The molecule has 162 valence electrons. The van der Waals surface area contributed by atoms with Crippen LogP contribution in [0, 0.1) is 0 Å². The first-order valence-corrected chi connectivity index (χ1v) is 11.9. The maximum atomic E-state index is 12.7. The number of aryl methyl sites for hydroxylation is 1. The van der Waals surface area contributed by atoms with Crippen molar-refractivity contribution in [3.63, 3.8) is 0 Å². The van der Waals surface area contributed by atoms with Crippen LogP contribution in [0.4, 0.5) is 0 Å². The third kappa shape index (κ3) is 6.14. The predicted octanol–water partition coefficient (Wildman–Crippen LogP) is 2.73. The average molecular weight is 431 g/mol. The molecule has 0 saturated carbocycles. The van der Waals surface area contributed by atoms with E-state index in [2.05, 4.69) is 29.2 Å². The summed E-state index contributed by atoms with van der Waals surface area (Å²) in [6.07, 6.45) is 2.02. The summed E-state index contributed by atoms with van der Waals surface area (Å²) < 4.78 is 32.0. The molecule has 0 N–H and O–H groups in total. The van der Waals surface area contributed by atoms with E-state index in [4.69, 9.17) is 4.74 Å². The van der Waals surface area contributed by atoms with E-state index in [1.54, 1.807) is 28.6 Å². The Labute approximate surface area is 179 Å². The molecule has 0 atom stereocenters. The maximum absolute atomic E-state index is 12.7. The van der Waals surface area contributed by atoms with Gasteiger partial charge in [-0.25, -0.2) is 8.42 Å². The van der Waals surface area contributed by atoms with Gasteiger partial charge in [0.1, 0.15) is 0 Å². The number of esters is 1. The molecule has 30 heavy (non-hydrogen) atoms. The first kappa shape index (κ1) is 22.5. The fourth-order valence-electron chi connectivity index (χ4n) is 3.57. The van der Waals surface area contributed by atoms with Gasteiger partial charge in [-0.3, -0.25) is 4.79 Å². The normalized spacial score (nSPS) is 15.8. The SMILES string of the molecule is CCOC(=O)CCc1ccc(CCN2CCN(S(=O)(=O)c3ccccc3)CC2)cc1. The van der Waals surface area contributed by atoms with Crippen LogP contribution in [0.1, 0.15) is 24.5 Å². The van der Waals surface area contributed by atoms with E-state index in [0.717, 1.165) is 31.6 Å². The van der Waals surface area contributed by atoms with Gasteiger partial charge in [-0.15, -0.1) is 0 Å². The largest absolute Gasteiger partial charge is 0.466 e. The molecule has 6 nitrogen and oxygen atoms in total. The van der Waals surface area contributed by atoms with Crippen molar-refractivity contribution in [2.24, 2.45) is 0 Å². The molecule has 3 rings (SSSR count). The number of nitrogens with zero attached hydrogens (tertiary/aromatic N) is 2. The lowest BCUT2D eigenvalue weighted by atomic mass is 10.1. The van der Waals surface area contributed by atoms with Crippen molar-refractivity contribution in [3.05, 3.63) is 65.7 Å². The van der Waals surface area contributed by atoms with Crippen molar-refractivity contribution in [1.82, 2.24) is 9.21 Å². The van der Waals surface area contributed by atoms with E-state index in [0.29, 0.717) is 37.4 Å². The molecule has 0 amide bonds. The van der Waals surface area contributed by atoms with Gasteiger partial charge < -0.3 is 9.64 Å². The molecule has 0 bridgehead atoms. The molecule has 1 heterocycles. The molecule has 2 aromatic carbocycles. The average Bonchev–Trinajstić information content (AvgIpc) is 2.78. The minimum Gasteiger partial charge on any atom is -0.466 e. The quantitative estimate of drug-likeness (QED) is 0.573. The summed E-state index contributed by atoms with van der Waals surface area (Å²) in [6.45, 7) is 5.65. The van der Waals surface area contributed by atoms with Gasteiger partial charge in [0.2, 0.25) is 10.0 Å². The summed E-state index contributed by atoms with van der Waals surface area (Å²) >= 11 is 0. The summed E-state index contributed by atoms with van der Waals surface area (Å²) in [5.74, 6) is -0.157. The molecule has 1 fully saturated rings. The number of ether oxygens (including phenoxy) is 1. The second-order valence-corrected chi connectivity index (χ2v) is 9.37. The highest BCUT2D eigenvalue weighted by Crippen LogP contribution is 2.17. The van der Waals surface area contributed by atoms with Gasteiger partial charge in [0.15, 0.2) is 0 Å². The van der Waals surface area contributed by atoms with Crippen molar-refractivity contribution in [3.8, 4) is 0 Å². The second-order valence-electron chi connectivity index (χ2n) is 7.43. The fraction of sp³-hybridized carbons (Fsp3) is 0.435. The Morgan fingerprint density at radius 2 is 1.50 bits per heavy atom. The van der Waals surface area contributed by atoms with Gasteiger partial charge in [0.05, 0.1) is 11.5 Å². The van der Waals surface area contributed by atoms with Crippen LogP contribution in [0.3, 0.4) is 0 Å². The highest BCUT2D eigenvalue weighted by Gasteiger charge is 2.28. The Balaban J connectivity index is 1.43. The van der Waals surface area contributed by atoms with E-state index in [9.17, 15) is 13.2 Å². The van der Waals surface area contributed by atoms with Crippen LogP contribution < -0.4 is 0 Å². The van der Waals surface area contributed by atoms with Crippen LogP contribution in [0.15, 0.2) is 59.5 Å². The molecule has 0 spiro atoms. The molecular formula is C23H30N2O4S. The molecule has 0 unspecified atom stereocenters. The molecule has 1 aliphatic rings. The van der Waals surface area contributed by atoms with E-state index >= 15 is 0 Å². The van der Waals surface area contributed by atoms with Crippen molar-refractivity contribution >= 4 is 16.0 Å². The Hall–Kier alpha value is -2.22. The standard InChI is InChI=1S/C23H30N2O4S/c1-2-29-23(26)13-12-20-8-10-21(11-9-20)14-15-24-16-18-25(19-17-24)30(27,28)22-6-4-3-5-7-22/h3-11H,2,12-19H2,1H3. The van der Waals surface area contributed by atoms with Crippen LogP contribution in [0.25, 0.3) is 0 Å². The Morgan fingerprint density at radius 1 is 0.900 bits per heavy atom. The minimum absolute atomic E-state index is 0.157. The topological polar surface area (TPSA) is 66.9 Å². The fourth-order valence-corrected chi connectivity index (χ4v) is 5.02. The highest BCUT2D eigenvalue weighted by atomic mass is 32.2. The summed E-state index contributed by atoms with van der Waals surface area (Å²) in [7, 11) is -3.40. The molecule has 1 saturated heterocycles. The molecule has 7 heteroatoms. The first-order chi connectivity index (χ1) is 14.5. The molecule has 1 aliphatic heterocycles. The summed E-state index contributed by atoms with van der Waals surface area (Å²) in [4.78, 5) is 14.1. The van der Waals surface area contributed by atoms with Crippen LogP contribution in [0.2, 0.25) is 0 Å². The van der Waals surface area contributed by atoms with Gasteiger partial charge in [-0.05, 0) is 43.0 Å². The zero-order valence-electron chi connectivity index (χ0n) is 17.5. The van der Waals surface area contributed by atoms with Crippen LogP contribution >= 0.6 is 0 Å². The van der Waals surface area contributed by atoms with Crippen molar-refractivity contribution in [1.29, 1.82) is 0 Å². The Bertz CT molecular complexity index is 906. The highest BCUT2D eigenvalue weighted by molar-refractivity contribution is 7.89. The number of rotatable bonds is 9. The van der Waals surface area contributed by atoms with E-state index in [1.807, 2.05) is 13.0 Å². The third-order valence-corrected chi connectivity index (χ3v) is 7.29. The van der Waals surface area contributed by atoms with Crippen LogP contribution in [-0.2, 0) is 32.4 Å². The summed E-state index contributed by atoms with van der Waals surface area (Å²) in [6, 6.07) is 17.0. The molecule has 0 radical (unpaired) electrons. The molecule has 0 aromatic heterocycles. The first-order valence-electron chi connectivity index (χ1n) is 10.5. The van der Waals surface area contributed by atoms with E-state index in [-0.39, 0.29) is 5.97 Å². The minimum atomic E-state index is -3.40. The lowest BCUT2D eigenvalue weighted by Gasteiger charge is -2.34. The number of carbonyl (C=O) groups excluding carboxylic acids is 1. The van der Waals surface area contributed by atoms with Gasteiger partial charge in [0, 0.05) is 39.1 Å². The van der Waals surface area contributed by atoms with Crippen molar-refractivity contribution < 1.29 is 17.9 Å². The monoisotopic (exact) mass is 430 g/mol. The van der Waals surface area contributed by atoms with Crippen molar-refractivity contribution in [2.45, 2.75) is 31.1 Å².